The summed E-state index contributed by atoms with van der Waals surface area (Å²) >= 11 is 0. The van der Waals surface area contributed by atoms with Gasteiger partial charge in [0.15, 0.2) is 0 Å². The van der Waals surface area contributed by atoms with Gasteiger partial charge in [-0.3, -0.25) is 4.68 Å². The number of aryl methyl sites for hydroxylation is 1. The maximum Gasteiger partial charge on any atom is 0.0521 e. The van der Waals surface area contributed by atoms with Crippen molar-refractivity contribution in [1.29, 1.82) is 0 Å². The molecule has 2 N–H and O–H groups in total. The summed E-state index contributed by atoms with van der Waals surface area (Å²) in [4.78, 5) is 0. The Bertz CT molecular complexity index is 286. The van der Waals surface area contributed by atoms with Gasteiger partial charge in [-0.05, 0) is 43.7 Å². The van der Waals surface area contributed by atoms with Crippen LogP contribution in [0, 0.1) is 5.41 Å². The average molecular weight is 179 g/mol. The van der Waals surface area contributed by atoms with Crippen molar-refractivity contribution < 1.29 is 0 Å². The summed E-state index contributed by atoms with van der Waals surface area (Å²) < 4.78 is 1.97. The molecule has 0 spiro atoms. The fourth-order valence-corrected chi connectivity index (χ4v) is 1.73. The van der Waals surface area contributed by atoms with E-state index in [1.165, 1.54) is 18.4 Å². The van der Waals surface area contributed by atoms with Crippen LogP contribution in [-0.2, 0) is 13.0 Å². The summed E-state index contributed by atoms with van der Waals surface area (Å²) in [7, 11) is 0. The van der Waals surface area contributed by atoms with E-state index < -0.39 is 0 Å². The first-order chi connectivity index (χ1) is 6.28. The van der Waals surface area contributed by atoms with Gasteiger partial charge >= 0.3 is 0 Å². The van der Waals surface area contributed by atoms with Gasteiger partial charge in [0, 0.05) is 12.7 Å². The van der Waals surface area contributed by atoms with Gasteiger partial charge in [0.25, 0.3) is 0 Å². The molecular weight excluding hydrogens is 162 g/mol. The first kappa shape index (κ1) is 8.75. The van der Waals surface area contributed by atoms with Gasteiger partial charge in [-0.2, -0.15) is 5.10 Å². The van der Waals surface area contributed by atoms with E-state index >= 15 is 0 Å². The molecule has 1 aromatic rings. The maximum atomic E-state index is 5.73. The molecule has 2 rings (SSSR count). The molecule has 1 aromatic heterocycles. The highest BCUT2D eigenvalue weighted by atomic mass is 15.3. The molecule has 3 heteroatoms. The molecule has 13 heavy (non-hydrogen) atoms. The molecule has 0 saturated heterocycles. The molecule has 1 fully saturated rings. The lowest BCUT2D eigenvalue weighted by Crippen LogP contribution is -2.17. The van der Waals surface area contributed by atoms with Crippen molar-refractivity contribution in [2.24, 2.45) is 11.1 Å². The SMILES string of the molecule is CCn1cc(CC2(CN)CC2)cn1. The molecular formula is C10H17N3. The first-order valence-electron chi connectivity index (χ1n) is 4.99. The summed E-state index contributed by atoms with van der Waals surface area (Å²) in [5.41, 5.74) is 7.50. The number of rotatable bonds is 4. The van der Waals surface area contributed by atoms with Gasteiger partial charge in [-0.15, -0.1) is 0 Å². The van der Waals surface area contributed by atoms with Gasteiger partial charge in [0.1, 0.15) is 0 Å². The summed E-state index contributed by atoms with van der Waals surface area (Å²) in [5, 5.41) is 4.26. The fraction of sp³-hybridized carbons (Fsp3) is 0.700. The Morgan fingerprint density at radius 1 is 1.62 bits per heavy atom. The van der Waals surface area contributed by atoms with Gasteiger partial charge in [-0.1, -0.05) is 0 Å². The second-order valence-corrected chi connectivity index (χ2v) is 4.09. The van der Waals surface area contributed by atoms with Crippen LogP contribution in [0.4, 0.5) is 0 Å². The van der Waals surface area contributed by atoms with Gasteiger partial charge < -0.3 is 5.73 Å². The van der Waals surface area contributed by atoms with Crippen LogP contribution in [0.5, 0.6) is 0 Å². The van der Waals surface area contributed by atoms with E-state index in [1.807, 2.05) is 10.9 Å². The van der Waals surface area contributed by atoms with Crippen molar-refractivity contribution in [3.05, 3.63) is 18.0 Å². The lowest BCUT2D eigenvalue weighted by atomic mass is 9.99. The molecule has 1 heterocycles. The number of nitrogens with zero attached hydrogens (tertiary/aromatic N) is 2. The van der Waals surface area contributed by atoms with Crippen LogP contribution in [0.15, 0.2) is 12.4 Å². The van der Waals surface area contributed by atoms with E-state index in [9.17, 15) is 0 Å². The topological polar surface area (TPSA) is 43.8 Å². The first-order valence-corrected chi connectivity index (χ1v) is 4.99. The molecule has 0 bridgehead atoms. The van der Waals surface area contributed by atoms with Crippen LogP contribution >= 0.6 is 0 Å². The van der Waals surface area contributed by atoms with Gasteiger partial charge in [0.2, 0.25) is 0 Å². The fourth-order valence-electron chi connectivity index (χ4n) is 1.73. The van der Waals surface area contributed by atoms with E-state index in [0.29, 0.717) is 5.41 Å². The molecule has 1 saturated carbocycles. The minimum atomic E-state index is 0.432. The molecule has 1 aliphatic carbocycles. The van der Waals surface area contributed by atoms with Crippen molar-refractivity contribution >= 4 is 0 Å². The van der Waals surface area contributed by atoms with Crippen molar-refractivity contribution in [2.75, 3.05) is 6.54 Å². The van der Waals surface area contributed by atoms with Crippen LogP contribution in [0.1, 0.15) is 25.3 Å². The Labute approximate surface area is 78.9 Å². The third-order valence-electron chi connectivity index (χ3n) is 2.98. The largest absolute Gasteiger partial charge is 0.330 e. The van der Waals surface area contributed by atoms with E-state index in [1.54, 1.807) is 0 Å². The van der Waals surface area contributed by atoms with E-state index in [2.05, 4.69) is 18.2 Å². The average Bonchev–Trinajstić information content (AvgIpc) is 2.77. The third kappa shape index (κ3) is 1.75. The molecule has 0 amide bonds. The van der Waals surface area contributed by atoms with Crippen molar-refractivity contribution in [3.8, 4) is 0 Å². The summed E-state index contributed by atoms with van der Waals surface area (Å²) in [6, 6.07) is 0. The van der Waals surface area contributed by atoms with Gasteiger partial charge in [-0.25, -0.2) is 0 Å². The molecule has 0 atom stereocenters. The van der Waals surface area contributed by atoms with Gasteiger partial charge in [0.05, 0.1) is 6.20 Å². The Hall–Kier alpha value is -0.830. The number of nitrogens with two attached hydrogens (primary N) is 1. The molecule has 0 unspecified atom stereocenters. The van der Waals surface area contributed by atoms with Crippen molar-refractivity contribution in [3.63, 3.8) is 0 Å². The number of aromatic nitrogens is 2. The molecule has 0 radical (unpaired) electrons. The standard InChI is InChI=1S/C10H17N3/c1-2-13-7-9(6-12-13)5-10(8-11)3-4-10/h6-7H,2-5,8,11H2,1H3. The Balaban J connectivity index is 2.01. The summed E-state index contributed by atoms with van der Waals surface area (Å²) in [5.74, 6) is 0. The quantitative estimate of drug-likeness (QED) is 0.754. The minimum Gasteiger partial charge on any atom is -0.330 e. The Kier molecular flexibility index (Phi) is 2.12. The normalized spacial score (nSPS) is 18.9. The molecule has 72 valence electrons. The van der Waals surface area contributed by atoms with Crippen molar-refractivity contribution in [1.82, 2.24) is 9.78 Å². The second kappa shape index (κ2) is 3.14. The molecule has 0 aromatic carbocycles. The second-order valence-electron chi connectivity index (χ2n) is 4.09. The maximum absolute atomic E-state index is 5.73. The zero-order valence-electron chi connectivity index (χ0n) is 8.16. The Morgan fingerprint density at radius 2 is 2.38 bits per heavy atom. The predicted octanol–water partition coefficient (Wildman–Crippen LogP) is 1.18. The smallest absolute Gasteiger partial charge is 0.0521 e. The zero-order chi connectivity index (χ0) is 9.31. The third-order valence-corrected chi connectivity index (χ3v) is 2.98. The summed E-state index contributed by atoms with van der Waals surface area (Å²) in [6.45, 7) is 3.88. The van der Waals surface area contributed by atoms with Crippen LogP contribution < -0.4 is 5.73 Å². The van der Waals surface area contributed by atoms with Crippen molar-refractivity contribution in [2.45, 2.75) is 32.7 Å². The Morgan fingerprint density at radius 3 is 2.85 bits per heavy atom. The number of hydrogen-bond donors (Lipinski definition) is 1. The van der Waals surface area contributed by atoms with E-state index in [-0.39, 0.29) is 0 Å². The van der Waals surface area contributed by atoms with Crippen LogP contribution in [0.3, 0.4) is 0 Å². The van der Waals surface area contributed by atoms with Crippen LogP contribution in [0.2, 0.25) is 0 Å². The monoisotopic (exact) mass is 179 g/mol. The van der Waals surface area contributed by atoms with Crippen LogP contribution in [0.25, 0.3) is 0 Å². The molecule has 1 aliphatic rings. The zero-order valence-corrected chi connectivity index (χ0v) is 8.16. The number of hydrogen-bond acceptors (Lipinski definition) is 2. The predicted molar refractivity (Wildman–Crippen MR) is 52.3 cm³/mol. The molecule has 0 aliphatic heterocycles. The lowest BCUT2D eigenvalue weighted by molar-refractivity contribution is 0.520. The molecule has 3 nitrogen and oxygen atoms in total. The lowest BCUT2D eigenvalue weighted by Gasteiger charge is -2.09. The van der Waals surface area contributed by atoms with E-state index in [4.69, 9.17) is 5.73 Å². The van der Waals surface area contributed by atoms with E-state index in [0.717, 1.165) is 19.5 Å². The van der Waals surface area contributed by atoms with Crippen LogP contribution in [-0.4, -0.2) is 16.3 Å². The highest BCUT2D eigenvalue weighted by molar-refractivity contribution is 5.11. The minimum absolute atomic E-state index is 0.432. The highest BCUT2D eigenvalue weighted by Gasteiger charge is 2.41. The highest BCUT2D eigenvalue weighted by Crippen LogP contribution is 2.47. The summed E-state index contributed by atoms with van der Waals surface area (Å²) in [6.07, 6.45) is 7.81.